The summed E-state index contributed by atoms with van der Waals surface area (Å²) in [5.41, 5.74) is 0. The zero-order valence-corrected chi connectivity index (χ0v) is 7.28. The van der Waals surface area contributed by atoms with Gasteiger partial charge < -0.3 is 1.43 Å². The fourth-order valence-electron chi connectivity index (χ4n) is 0. The van der Waals surface area contributed by atoms with Crippen LogP contribution in [-0.4, -0.2) is 0 Å². The Balaban J connectivity index is -0.0000000800. The van der Waals surface area contributed by atoms with E-state index < -0.39 is 0 Å². The second kappa shape index (κ2) is 6.00. The van der Waals surface area contributed by atoms with Crippen LogP contribution in [0.3, 0.4) is 0 Å². The zero-order valence-electron chi connectivity index (χ0n) is 6.28. The SMILES string of the molecule is CCC(C)C.[H-].[Na+]. The van der Waals surface area contributed by atoms with Crippen LogP contribution in [0.5, 0.6) is 0 Å². The molecule has 0 aromatic carbocycles. The number of rotatable bonds is 1. The minimum Gasteiger partial charge on any atom is -1.00 e. The molecule has 0 aliphatic heterocycles. The van der Waals surface area contributed by atoms with Crippen molar-refractivity contribution >= 4 is 0 Å². The van der Waals surface area contributed by atoms with Crippen molar-refractivity contribution in [3.8, 4) is 0 Å². The van der Waals surface area contributed by atoms with Crippen LogP contribution in [0.2, 0.25) is 0 Å². The first-order valence-electron chi connectivity index (χ1n) is 2.27. The summed E-state index contributed by atoms with van der Waals surface area (Å²) in [6.07, 6.45) is 1.31. The van der Waals surface area contributed by atoms with Gasteiger partial charge in [0.1, 0.15) is 0 Å². The Morgan fingerprint density at radius 3 is 1.67 bits per heavy atom. The summed E-state index contributed by atoms with van der Waals surface area (Å²) in [6, 6.07) is 0. The predicted molar refractivity (Wildman–Crippen MR) is 26.2 cm³/mol. The van der Waals surface area contributed by atoms with Crippen LogP contribution in [0.15, 0.2) is 0 Å². The third-order valence-corrected chi connectivity index (χ3v) is 0.816. The average Bonchev–Trinajstić information content (AvgIpc) is 1.38. The summed E-state index contributed by atoms with van der Waals surface area (Å²) in [5.74, 6) is 0.884. The molecule has 0 unspecified atom stereocenters. The molecule has 0 radical (unpaired) electrons. The molecule has 34 valence electrons. The van der Waals surface area contributed by atoms with Crippen LogP contribution in [0.1, 0.15) is 28.6 Å². The summed E-state index contributed by atoms with van der Waals surface area (Å²) in [4.78, 5) is 0. The van der Waals surface area contributed by atoms with Crippen molar-refractivity contribution in [1.29, 1.82) is 0 Å². The Hall–Kier alpha value is 1.00. The Morgan fingerprint density at radius 2 is 1.67 bits per heavy atom. The topological polar surface area (TPSA) is 0 Å². The van der Waals surface area contributed by atoms with Gasteiger partial charge in [-0.25, -0.2) is 0 Å². The van der Waals surface area contributed by atoms with E-state index in [9.17, 15) is 0 Å². The van der Waals surface area contributed by atoms with Crippen LogP contribution >= 0.6 is 0 Å². The molecule has 0 aliphatic rings. The third-order valence-electron chi connectivity index (χ3n) is 0.816. The van der Waals surface area contributed by atoms with Crippen LogP contribution in [0.25, 0.3) is 0 Å². The number of hydrogen-bond acceptors (Lipinski definition) is 0. The van der Waals surface area contributed by atoms with Crippen LogP contribution in [-0.2, 0) is 0 Å². The molecule has 0 aromatic heterocycles. The molecule has 0 saturated heterocycles. The minimum absolute atomic E-state index is 0. The third kappa shape index (κ3) is 8.89. The fourth-order valence-corrected chi connectivity index (χ4v) is 0. The first-order valence-corrected chi connectivity index (χ1v) is 2.27. The van der Waals surface area contributed by atoms with Gasteiger partial charge in [0.25, 0.3) is 0 Å². The van der Waals surface area contributed by atoms with Gasteiger partial charge in [-0.1, -0.05) is 27.2 Å². The van der Waals surface area contributed by atoms with Crippen molar-refractivity contribution in [2.45, 2.75) is 27.2 Å². The van der Waals surface area contributed by atoms with E-state index in [0.717, 1.165) is 5.92 Å². The summed E-state index contributed by atoms with van der Waals surface area (Å²) >= 11 is 0. The summed E-state index contributed by atoms with van der Waals surface area (Å²) < 4.78 is 0. The molecule has 0 spiro atoms. The first kappa shape index (κ1) is 10.1. The molecule has 0 N–H and O–H groups in total. The van der Waals surface area contributed by atoms with E-state index in [2.05, 4.69) is 20.8 Å². The predicted octanol–water partition coefficient (Wildman–Crippen LogP) is -0.831. The maximum Gasteiger partial charge on any atom is 1.00 e. The second-order valence-corrected chi connectivity index (χ2v) is 1.80. The standard InChI is InChI=1S/C5H12.Na.H/c1-4-5(2)3;;/h5H,4H2,1-3H3;;/q;+1;-1. The van der Waals surface area contributed by atoms with Crippen molar-refractivity contribution in [1.82, 2.24) is 0 Å². The van der Waals surface area contributed by atoms with Crippen LogP contribution < -0.4 is 29.6 Å². The van der Waals surface area contributed by atoms with Gasteiger partial charge >= 0.3 is 29.6 Å². The summed E-state index contributed by atoms with van der Waals surface area (Å²) in [5, 5.41) is 0. The van der Waals surface area contributed by atoms with E-state index >= 15 is 0 Å². The second-order valence-electron chi connectivity index (χ2n) is 1.80. The molecule has 0 atom stereocenters. The van der Waals surface area contributed by atoms with Gasteiger partial charge in [0.15, 0.2) is 0 Å². The smallest absolute Gasteiger partial charge is 1.00 e. The average molecular weight is 96.1 g/mol. The molecule has 0 nitrogen and oxygen atoms in total. The summed E-state index contributed by atoms with van der Waals surface area (Å²) in [7, 11) is 0. The van der Waals surface area contributed by atoms with E-state index in [1.165, 1.54) is 6.42 Å². The van der Waals surface area contributed by atoms with E-state index in [4.69, 9.17) is 0 Å². The molecular formula is C5H13Na. The molecule has 0 fully saturated rings. The minimum atomic E-state index is 0. The van der Waals surface area contributed by atoms with E-state index in [1.54, 1.807) is 0 Å². The van der Waals surface area contributed by atoms with E-state index in [-0.39, 0.29) is 31.0 Å². The summed E-state index contributed by atoms with van der Waals surface area (Å²) in [6.45, 7) is 6.64. The van der Waals surface area contributed by atoms with Crippen molar-refractivity contribution < 1.29 is 31.0 Å². The maximum absolute atomic E-state index is 2.22. The fraction of sp³-hybridized carbons (Fsp3) is 1.00. The molecule has 0 heterocycles. The molecule has 0 saturated carbocycles. The molecule has 0 bridgehead atoms. The monoisotopic (exact) mass is 96.1 g/mol. The van der Waals surface area contributed by atoms with Crippen LogP contribution in [0.4, 0.5) is 0 Å². The van der Waals surface area contributed by atoms with Gasteiger partial charge in [0, 0.05) is 0 Å². The molecule has 0 rings (SSSR count). The van der Waals surface area contributed by atoms with Gasteiger partial charge in [0.05, 0.1) is 0 Å². The van der Waals surface area contributed by atoms with Gasteiger partial charge in [-0.05, 0) is 5.92 Å². The molecule has 1 heteroatoms. The molecule has 0 aromatic rings. The van der Waals surface area contributed by atoms with Crippen molar-refractivity contribution in [2.75, 3.05) is 0 Å². The number of hydrogen-bond donors (Lipinski definition) is 0. The van der Waals surface area contributed by atoms with Gasteiger partial charge in [-0.2, -0.15) is 0 Å². The van der Waals surface area contributed by atoms with Gasteiger partial charge in [-0.3, -0.25) is 0 Å². The van der Waals surface area contributed by atoms with E-state index in [0.29, 0.717) is 0 Å². The largest absolute Gasteiger partial charge is 1.00 e. The molecule has 0 aliphatic carbocycles. The Morgan fingerprint density at radius 1 is 1.50 bits per heavy atom. The Labute approximate surface area is 64.1 Å². The first-order chi connectivity index (χ1) is 2.27. The molecule has 6 heavy (non-hydrogen) atoms. The quantitative estimate of drug-likeness (QED) is 0.374. The van der Waals surface area contributed by atoms with Crippen molar-refractivity contribution in [3.63, 3.8) is 0 Å². The maximum atomic E-state index is 2.22. The normalized spacial score (nSPS) is 8.00. The van der Waals surface area contributed by atoms with Gasteiger partial charge in [0.2, 0.25) is 0 Å². The molecular weight excluding hydrogens is 83.0 g/mol. The van der Waals surface area contributed by atoms with E-state index in [1.807, 2.05) is 0 Å². The van der Waals surface area contributed by atoms with Gasteiger partial charge in [-0.15, -0.1) is 0 Å². The van der Waals surface area contributed by atoms with Crippen molar-refractivity contribution in [3.05, 3.63) is 0 Å². The van der Waals surface area contributed by atoms with Crippen LogP contribution in [0, 0.1) is 5.92 Å². The van der Waals surface area contributed by atoms with Crippen molar-refractivity contribution in [2.24, 2.45) is 5.92 Å². The zero-order chi connectivity index (χ0) is 4.28. The Bertz CT molecular complexity index is 22.0. The Kier molecular flexibility index (Phi) is 10.1. The molecule has 0 amide bonds.